The van der Waals surface area contributed by atoms with E-state index in [4.69, 9.17) is 0 Å². The molecule has 0 spiro atoms. The molecule has 1 aliphatic heterocycles. The lowest BCUT2D eigenvalue weighted by Crippen LogP contribution is -2.41. The number of nitrogens with zero attached hydrogens (tertiary/aromatic N) is 6. The summed E-state index contributed by atoms with van der Waals surface area (Å²) in [5.74, 6) is -0.481. The Bertz CT molecular complexity index is 1340. The van der Waals surface area contributed by atoms with Gasteiger partial charge in [-0.25, -0.2) is 17.9 Å². The van der Waals surface area contributed by atoms with Gasteiger partial charge in [0.25, 0.3) is 6.43 Å². The lowest BCUT2D eigenvalue weighted by atomic mass is 9.99. The highest BCUT2D eigenvalue weighted by molar-refractivity contribution is 6.15. The standard InChI is InChI=1S/C26H28F3N7/c1-16(26(2,3)35(4)5)30-20-8-6-7-17(11-20)24-15-36(34-33-24)14-19-10-9-18(12-21(19)27)22-13-23(25(28)29)32-31-22/h6-12,15,25,30H,1,13-14H2,2-5H3. The summed E-state index contributed by atoms with van der Waals surface area (Å²) < 4.78 is 41.9. The van der Waals surface area contributed by atoms with Crippen molar-refractivity contribution in [2.24, 2.45) is 10.2 Å². The summed E-state index contributed by atoms with van der Waals surface area (Å²) in [6.07, 6.45) is -1.01. The van der Waals surface area contributed by atoms with Crippen molar-refractivity contribution < 1.29 is 13.2 Å². The Balaban J connectivity index is 1.45. The lowest BCUT2D eigenvalue weighted by molar-refractivity contribution is 0.224. The van der Waals surface area contributed by atoms with Crippen LogP contribution in [0.15, 0.2) is 71.1 Å². The maximum absolute atomic E-state index is 14.8. The molecule has 0 bridgehead atoms. The molecule has 4 rings (SSSR count). The van der Waals surface area contributed by atoms with Gasteiger partial charge in [-0.2, -0.15) is 10.2 Å². The molecule has 1 aromatic heterocycles. The smallest absolute Gasteiger partial charge is 0.278 e. The van der Waals surface area contributed by atoms with Gasteiger partial charge in [0, 0.05) is 34.5 Å². The topological polar surface area (TPSA) is 70.7 Å². The molecule has 0 atom stereocenters. The second-order valence-corrected chi connectivity index (χ2v) is 9.36. The van der Waals surface area contributed by atoms with Gasteiger partial charge < -0.3 is 5.32 Å². The van der Waals surface area contributed by atoms with Crippen LogP contribution in [0.3, 0.4) is 0 Å². The molecule has 2 aromatic carbocycles. The largest absolute Gasteiger partial charge is 0.358 e. The van der Waals surface area contributed by atoms with Crippen LogP contribution in [0.25, 0.3) is 11.3 Å². The summed E-state index contributed by atoms with van der Waals surface area (Å²) in [5.41, 5.74) is 3.81. The van der Waals surface area contributed by atoms with Crippen molar-refractivity contribution in [3.8, 4) is 11.3 Å². The second-order valence-electron chi connectivity index (χ2n) is 9.36. The Kier molecular flexibility index (Phi) is 7.07. The zero-order valence-electron chi connectivity index (χ0n) is 20.6. The van der Waals surface area contributed by atoms with Gasteiger partial charge in [0.2, 0.25) is 0 Å². The van der Waals surface area contributed by atoms with Crippen molar-refractivity contribution in [2.45, 2.75) is 38.8 Å². The number of hydrogen-bond acceptors (Lipinski definition) is 6. The Morgan fingerprint density at radius 3 is 2.58 bits per heavy atom. The van der Waals surface area contributed by atoms with E-state index in [2.05, 4.69) is 51.2 Å². The van der Waals surface area contributed by atoms with Gasteiger partial charge in [-0.1, -0.05) is 36.1 Å². The first-order valence-electron chi connectivity index (χ1n) is 11.4. The Morgan fingerprint density at radius 2 is 1.92 bits per heavy atom. The predicted octanol–water partition coefficient (Wildman–Crippen LogP) is 5.21. The molecular weight excluding hydrogens is 467 g/mol. The molecule has 1 aliphatic rings. The number of rotatable bonds is 9. The van der Waals surface area contributed by atoms with Crippen molar-refractivity contribution in [2.75, 3.05) is 19.4 Å². The highest BCUT2D eigenvalue weighted by Crippen LogP contribution is 2.26. The summed E-state index contributed by atoms with van der Waals surface area (Å²) in [7, 11) is 4.00. The van der Waals surface area contributed by atoms with E-state index in [1.165, 1.54) is 6.07 Å². The third kappa shape index (κ3) is 5.38. The van der Waals surface area contributed by atoms with Crippen LogP contribution >= 0.6 is 0 Å². The monoisotopic (exact) mass is 495 g/mol. The van der Waals surface area contributed by atoms with Crippen LogP contribution in [0.1, 0.15) is 31.4 Å². The quantitative estimate of drug-likeness (QED) is 0.442. The van der Waals surface area contributed by atoms with Crippen molar-refractivity contribution in [3.63, 3.8) is 0 Å². The van der Waals surface area contributed by atoms with Crippen LogP contribution in [0.4, 0.5) is 18.9 Å². The Labute approximate surface area is 208 Å². The van der Waals surface area contributed by atoms with Gasteiger partial charge in [-0.3, -0.25) is 4.90 Å². The molecule has 0 saturated carbocycles. The van der Waals surface area contributed by atoms with E-state index in [0.717, 1.165) is 16.9 Å². The van der Waals surface area contributed by atoms with E-state index in [9.17, 15) is 13.2 Å². The Morgan fingerprint density at radius 1 is 1.14 bits per heavy atom. The fourth-order valence-electron chi connectivity index (χ4n) is 3.54. The average molecular weight is 496 g/mol. The molecule has 0 unspecified atom stereocenters. The summed E-state index contributed by atoms with van der Waals surface area (Å²) in [6, 6.07) is 12.3. The van der Waals surface area contributed by atoms with Crippen molar-refractivity contribution >= 4 is 17.1 Å². The normalized spacial score (nSPS) is 13.8. The van der Waals surface area contributed by atoms with Gasteiger partial charge in [0.05, 0.1) is 24.0 Å². The van der Waals surface area contributed by atoms with Crippen molar-refractivity contribution in [3.05, 3.63) is 77.9 Å². The highest BCUT2D eigenvalue weighted by atomic mass is 19.3. The molecule has 36 heavy (non-hydrogen) atoms. The number of alkyl halides is 2. The second kappa shape index (κ2) is 10.1. The van der Waals surface area contributed by atoms with Crippen LogP contribution in [0.2, 0.25) is 0 Å². The molecule has 0 radical (unpaired) electrons. The minimum atomic E-state index is -2.67. The van der Waals surface area contributed by atoms with E-state index < -0.39 is 12.2 Å². The first-order valence-corrected chi connectivity index (χ1v) is 11.4. The molecule has 0 saturated heterocycles. The lowest BCUT2D eigenvalue weighted by Gasteiger charge is -2.35. The summed E-state index contributed by atoms with van der Waals surface area (Å²) in [5, 5.41) is 19.0. The van der Waals surface area contributed by atoms with Gasteiger partial charge >= 0.3 is 0 Å². The SMILES string of the molecule is C=C(Nc1cccc(-c2cn(Cc3ccc(C4=NN=C(C(F)F)C4)cc3F)nn2)c1)C(C)(C)N(C)C. The van der Waals surface area contributed by atoms with Crippen LogP contribution in [-0.2, 0) is 6.54 Å². The van der Waals surface area contributed by atoms with Gasteiger partial charge in [0.15, 0.2) is 0 Å². The van der Waals surface area contributed by atoms with Crippen molar-refractivity contribution in [1.29, 1.82) is 0 Å². The van der Waals surface area contributed by atoms with E-state index >= 15 is 0 Å². The van der Waals surface area contributed by atoms with Gasteiger partial charge in [-0.05, 0) is 46.1 Å². The van der Waals surface area contributed by atoms with E-state index in [0.29, 0.717) is 22.5 Å². The van der Waals surface area contributed by atoms with Crippen LogP contribution in [-0.4, -0.2) is 57.4 Å². The fraction of sp³-hybridized carbons (Fsp3) is 0.308. The summed E-state index contributed by atoms with van der Waals surface area (Å²) in [6.45, 7) is 8.51. The van der Waals surface area contributed by atoms with Crippen molar-refractivity contribution in [1.82, 2.24) is 19.9 Å². The molecule has 3 aromatic rings. The van der Waals surface area contributed by atoms with E-state index in [1.54, 1.807) is 23.0 Å². The van der Waals surface area contributed by atoms with E-state index in [1.807, 2.05) is 38.4 Å². The number of aromatic nitrogens is 3. The Hall–Kier alpha value is -3.79. The maximum Gasteiger partial charge on any atom is 0.278 e. The van der Waals surface area contributed by atoms with Gasteiger partial charge in [0.1, 0.15) is 17.2 Å². The molecule has 1 N–H and O–H groups in total. The predicted molar refractivity (Wildman–Crippen MR) is 136 cm³/mol. The maximum atomic E-state index is 14.8. The summed E-state index contributed by atoms with van der Waals surface area (Å²) in [4.78, 5) is 2.08. The molecule has 0 aliphatic carbocycles. The average Bonchev–Trinajstić information content (AvgIpc) is 3.51. The number of anilines is 1. The molecule has 2 heterocycles. The van der Waals surface area contributed by atoms with Crippen LogP contribution in [0.5, 0.6) is 0 Å². The zero-order chi connectivity index (χ0) is 26.0. The zero-order valence-corrected chi connectivity index (χ0v) is 20.6. The third-order valence-electron chi connectivity index (χ3n) is 6.47. The van der Waals surface area contributed by atoms with Gasteiger partial charge in [-0.15, -0.1) is 5.10 Å². The highest BCUT2D eigenvalue weighted by Gasteiger charge is 2.25. The molecule has 10 heteroatoms. The fourth-order valence-corrected chi connectivity index (χ4v) is 3.54. The van der Waals surface area contributed by atoms with E-state index in [-0.39, 0.29) is 24.2 Å². The van der Waals surface area contributed by atoms with Crippen LogP contribution < -0.4 is 5.32 Å². The number of hydrogen-bond donors (Lipinski definition) is 1. The molecule has 0 fully saturated rings. The molecule has 0 amide bonds. The molecule has 7 nitrogen and oxygen atoms in total. The minimum Gasteiger partial charge on any atom is -0.358 e. The number of nitrogens with one attached hydrogen (secondary N) is 1. The first kappa shape index (κ1) is 25.3. The number of benzene rings is 2. The minimum absolute atomic E-state index is 0.0865. The summed E-state index contributed by atoms with van der Waals surface area (Å²) >= 11 is 0. The third-order valence-corrected chi connectivity index (χ3v) is 6.47. The number of halogens is 3. The molecular formula is C26H28F3N7. The van der Waals surface area contributed by atoms with Crippen LogP contribution in [0, 0.1) is 5.82 Å². The first-order chi connectivity index (χ1) is 17.0. The molecule has 188 valence electrons. The number of likely N-dealkylation sites (N-methyl/N-ethyl adjacent to an activating group) is 1.